The fourth-order valence-electron chi connectivity index (χ4n) is 5.37. The van der Waals surface area contributed by atoms with Crippen LogP contribution in [0.2, 0.25) is 5.02 Å². The second-order valence-corrected chi connectivity index (χ2v) is 10.2. The molecule has 2 saturated carbocycles. The number of rotatable bonds is 7. The number of halogens is 1. The van der Waals surface area contributed by atoms with Gasteiger partial charge in [0.15, 0.2) is 0 Å². The third kappa shape index (κ3) is 6.36. The van der Waals surface area contributed by atoms with Crippen LogP contribution in [0.25, 0.3) is 0 Å². The number of nitrogens with two attached hydrogens (primary N) is 1. The van der Waals surface area contributed by atoms with Gasteiger partial charge in [0.1, 0.15) is 5.75 Å². The van der Waals surface area contributed by atoms with Gasteiger partial charge in [-0.1, -0.05) is 43.7 Å². The topological polar surface area (TPSA) is 84.7 Å². The molecule has 2 unspecified atom stereocenters. The SMILES string of the molecule is COc1ccc(C(=O)Nc2ccc(Cl)c(CN(C(=O)C3CCCCC3)C3CCCCC3N)c2)cc1. The van der Waals surface area contributed by atoms with E-state index in [2.05, 4.69) is 5.32 Å². The fraction of sp³-hybridized carbons (Fsp3) is 0.500. The monoisotopic (exact) mass is 497 g/mol. The standard InChI is InChI=1S/C28H36ClN3O3/c1-35-23-14-11-19(12-15-23)27(33)31-22-13-16-24(29)21(17-22)18-32(26-10-6-5-9-25(26)30)28(34)20-7-3-2-4-8-20/h11-17,20,25-26H,2-10,18,30H2,1H3,(H,31,33). The Kier molecular flexibility index (Phi) is 8.69. The molecule has 4 rings (SSSR count). The van der Waals surface area contributed by atoms with E-state index in [9.17, 15) is 9.59 Å². The van der Waals surface area contributed by atoms with Gasteiger partial charge in [0.25, 0.3) is 5.91 Å². The Morgan fingerprint density at radius 2 is 1.69 bits per heavy atom. The summed E-state index contributed by atoms with van der Waals surface area (Å²) in [5.74, 6) is 0.745. The van der Waals surface area contributed by atoms with E-state index in [0.29, 0.717) is 28.6 Å². The highest BCUT2D eigenvalue weighted by molar-refractivity contribution is 6.31. The van der Waals surface area contributed by atoms with Crippen molar-refractivity contribution in [2.45, 2.75) is 76.4 Å². The number of carbonyl (C=O) groups is 2. The predicted octanol–water partition coefficient (Wildman–Crippen LogP) is 5.78. The summed E-state index contributed by atoms with van der Waals surface area (Å²) in [6.45, 7) is 0.402. The molecule has 6 nitrogen and oxygen atoms in total. The van der Waals surface area contributed by atoms with Crippen LogP contribution in [0, 0.1) is 5.92 Å². The first-order valence-electron chi connectivity index (χ1n) is 12.8. The van der Waals surface area contributed by atoms with E-state index in [4.69, 9.17) is 22.1 Å². The van der Waals surface area contributed by atoms with Crippen molar-refractivity contribution in [1.29, 1.82) is 0 Å². The van der Waals surface area contributed by atoms with Crippen molar-refractivity contribution in [2.75, 3.05) is 12.4 Å². The van der Waals surface area contributed by atoms with Crippen molar-refractivity contribution < 1.29 is 14.3 Å². The lowest BCUT2D eigenvalue weighted by atomic mass is 9.85. The van der Waals surface area contributed by atoms with Crippen LogP contribution >= 0.6 is 11.6 Å². The van der Waals surface area contributed by atoms with Crippen molar-refractivity contribution in [3.63, 3.8) is 0 Å². The summed E-state index contributed by atoms with van der Waals surface area (Å²) in [4.78, 5) is 28.5. The lowest BCUT2D eigenvalue weighted by Crippen LogP contribution is -2.53. The number of hydrogen-bond donors (Lipinski definition) is 2. The van der Waals surface area contributed by atoms with E-state index in [1.165, 1.54) is 6.42 Å². The summed E-state index contributed by atoms with van der Waals surface area (Å²) in [6, 6.07) is 12.4. The molecule has 2 fully saturated rings. The quantitative estimate of drug-likeness (QED) is 0.507. The number of anilines is 1. The molecule has 0 radical (unpaired) electrons. The second kappa shape index (κ2) is 11.9. The Hall–Kier alpha value is -2.57. The number of carbonyl (C=O) groups excluding carboxylic acids is 2. The third-order valence-corrected chi connectivity index (χ3v) is 7.78. The van der Waals surface area contributed by atoms with E-state index >= 15 is 0 Å². The van der Waals surface area contributed by atoms with Crippen molar-refractivity contribution in [2.24, 2.45) is 11.7 Å². The molecule has 0 aromatic heterocycles. The number of ether oxygens (including phenoxy) is 1. The molecule has 0 aliphatic heterocycles. The van der Waals surface area contributed by atoms with Crippen LogP contribution in [0.3, 0.4) is 0 Å². The highest BCUT2D eigenvalue weighted by Gasteiger charge is 2.35. The second-order valence-electron chi connectivity index (χ2n) is 9.81. The number of nitrogens with zero attached hydrogens (tertiary/aromatic N) is 1. The van der Waals surface area contributed by atoms with Crippen LogP contribution in [0.15, 0.2) is 42.5 Å². The summed E-state index contributed by atoms with van der Waals surface area (Å²) < 4.78 is 5.17. The molecule has 0 spiro atoms. The number of methoxy groups -OCH3 is 1. The lowest BCUT2D eigenvalue weighted by Gasteiger charge is -2.41. The van der Waals surface area contributed by atoms with Gasteiger partial charge >= 0.3 is 0 Å². The number of hydrogen-bond acceptors (Lipinski definition) is 4. The zero-order valence-corrected chi connectivity index (χ0v) is 21.2. The molecule has 3 N–H and O–H groups in total. The fourth-order valence-corrected chi connectivity index (χ4v) is 5.55. The van der Waals surface area contributed by atoms with Crippen LogP contribution in [-0.4, -0.2) is 35.9 Å². The maximum atomic E-state index is 13.7. The van der Waals surface area contributed by atoms with E-state index in [0.717, 1.165) is 56.9 Å². The molecule has 7 heteroatoms. The molecular formula is C28H36ClN3O3. The van der Waals surface area contributed by atoms with Gasteiger partial charge in [0, 0.05) is 40.8 Å². The van der Waals surface area contributed by atoms with Crippen LogP contribution in [0.5, 0.6) is 5.75 Å². The Morgan fingerprint density at radius 1 is 1.00 bits per heavy atom. The first-order chi connectivity index (χ1) is 17.0. The first-order valence-corrected chi connectivity index (χ1v) is 13.1. The summed E-state index contributed by atoms with van der Waals surface area (Å²) in [7, 11) is 1.59. The Balaban J connectivity index is 1.54. The van der Waals surface area contributed by atoms with E-state index in [1.54, 1.807) is 43.5 Å². The van der Waals surface area contributed by atoms with Gasteiger partial charge in [-0.2, -0.15) is 0 Å². The Labute approximate surface area is 213 Å². The van der Waals surface area contributed by atoms with Gasteiger partial charge in [-0.25, -0.2) is 0 Å². The molecule has 0 bridgehead atoms. The normalized spacial score (nSPS) is 20.8. The third-order valence-electron chi connectivity index (χ3n) is 7.42. The first kappa shape index (κ1) is 25.5. The maximum Gasteiger partial charge on any atom is 0.255 e. The number of benzene rings is 2. The molecule has 2 aliphatic rings. The molecule has 2 aromatic carbocycles. The number of amides is 2. The van der Waals surface area contributed by atoms with Crippen molar-refractivity contribution in [3.8, 4) is 5.75 Å². The van der Waals surface area contributed by atoms with Crippen molar-refractivity contribution in [3.05, 3.63) is 58.6 Å². The molecule has 35 heavy (non-hydrogen) atoms. The largest absolute Gasteiger partial charge is 0.497 e. The Morgan fingerprint density at radius 3 is 2.37 bits per heavy atom. The molecule has 2 amide bonds. The van der Waals surface area contributed by atoms with Gasteiger partial charge in [0.05, 0.1) is 7.11 Å². The summed E-state index contributed by atoms with van der Waals surface area (Å²) in [6.07, 6.45) is 9.36. The minimum Gasteiger partial charge on any atom is -0.497 e. The number of nitrogens with one attached hydrogen (secondary N) is 1. The van der Waals surface area contributed by atoms with E-state index in [1.807, 2.05) is 11.0 Å². The highest BCUT2D eigenvalue weighted by Crippen LogP contribution is 2.32. The molecule has 2 atom stereocenters. The highest BCUT2D eigenvalue weighted by atomic mass is 35.5. The molecule has 0 saturated heterocycles. The van der Waals surface area contributed by atoms with Crippen molar-refractivity contribution in [1.82, 2.24) is 4.90 Å². The van der Waals surface area contributed by atoms with E-state index in [-0.39, 0.29) is 29.8 Å². The van der Waals surface area contributed by atoms with Crippen LogP contribution < -0.4 is 15.8 Å². The molecular weight excluding hydrogens is 462 g/mol. The van der Waals surface area contributed by atoms with Crippen molar-refractivity contribution >= 4 is 29.1 Å². The summed E-state index contributed by atoms with van der Waals surface area (Å²) in [5.41, 5.74) is 8.52. The van der Waals surface area contributed by atoms with Gasteiger partial charge < -0.3 is 20.7 Å². The van der Waals surface area contributed by atoms with Crippen LogP contribution in [0.4, 0.5) is 5.69 Å². The molecule has 0 heterocycles. The predicted molar refractivity (Wildman–Crippen MR) is 140 cm³/mol. The van der Waals surface area contributed by atoms with Gasteiger partial charge in [-0.3, -0.25) is 9.59 Å². The Bertz CT molecular complexity index is 1020. The minimum atomic E-state index is -0.217. The van der Waals surface area contributed by atoms with Gasteiger partial charge in [-0.15, -0.1) is 0 Å². The maximum absolute atomic E-state index is 13.7. The molecule has 2 aliphatic carbocycles. The van der Waals surface area contributed by atoms with E-state index < -0.39 is 0 Å². The smallest absolute Gasteiger partial charge is 0.255 e. The molecule has 2 aromatic rings. The van der Waals surface area contributed by atoms with Gasteiger partial charge in [0.2, 0.25) is 5.91 Å². The zero-order valence-electron chi connectivity index (χ0n) is 20.5. The van der Waals surface area contributed by atoms with Crippen LogP contribution in [0.1, 0.15) is 73.7 Å². The minimum absolute atomic E-state index is 0.0202. The van der Waals surface area contributed by atoms with Gasteiger partial charge in [-0.05, 0) is 73.7 Å². The zero-order chi connectivity index (χ0) is 24.8. The van der Waals surface area contributed by atoms with Crippen LogP contribution in [-0.2, 0) is 11.3 Å². The average molecular weight is 498 g/mol. The average Bonchev–Trinajstić information content (AvgIpc) is 2.89. The summed E-state index contributed by atoms with van der Waals surface area (Å²) >= 11 is 6.60. The molecule has 188 valence electrons. The summed E-state index contributed by atoms with van der Waals surface area (Å²) in [5, 5.41) is 3.53. The lowest BCUT2D eigenvalue weighted by molar-refractivity contribution is -0.141.